The standard InChI is InChI=1S/C29H27N3O5S/c1-17(2)37-28(35)25-18(3)30-29-32(26(25)19-10-6-5-7-11-19)27(34)23(38-29)14-20-15-31(16-24(33)36-4)22-13-9-8-12-21(20)22/h5-15,17,26H,16H2,1-4H3. The molecule has 0 saturated heterocycles. The first kappa shape index (κ1) is 25.4. The van der Waals surface area contributed by atoms with Gasteiger partial charge >= 0.3 is 11.9 Å². The minimum absolute atomic E-state index is 0.0562. The Morgan fingerprint density at radius 3 is 2.53 bits per heavy atom. The SMILES string of the molecule is COC(=O)Cn1cc(C=c2sc3n(c2=O)C(c2ccccc2)C(C(=O)OC(C)C)=C(C)N=3)c2ccccc21. The average Bonchev–Trinajstić information content (AvgIpc) is 3.39. The molecule has 0 radical (unpaired) electrons. The van der Waals surface area contributed by atoms with Gasteiger partial charge in [-0.3, -0.25) is 14.2 Å². The van der Waals surface area contributed by atoms with Gasteiger partial charge in [0, 0.05) is 22.7 Å². The minimum Gasteiger partial charge on any atom is -0.468 e. The van der Waals surface area contributed by atoms with Gasteiger partial charge < -0.3 is 14.0 Å². The Labute approximate surface area is 222 Å². The summed E-state index contributed by atoms with van der Waals surface area (Å²) in [5, 5.41) is 0.902. The summed E-state index contributed by atoms with van der Waals surface area (Å²) in [6, 6.07) is 16.4. The second-order valence-corrected chi connectivity index (χ2v) is 10.3. The first-order valence-corrected chi connectivity index (χ1v) is 13.0. The van der Waals surface area contributed by atoms with Gasteiger partial charge in [-0.25, -0.2) is 9.79 Å². The second-order valence-electron chi connectivity index (χ2n) is 9.25. The monoisotopic (exact) mass is 529 g/mol. The lowest BCUT2D eigenvalue weighted by atomic mass is 9.96. The van der Waals surface area contributed by atoms with Crippen LogP contribution in [0.2, 0.25) is 0 Å². The van der Waals surface area contributed by atoms with Crippen molar-refractivity contribution in [3.63, 3.8) is 0 Å². The van der Waals surface area contributed by atoms with Crippen molar-refractivity contribution in [1.29, 1.82) is 0 Å². The van der Waals surface area contributed by atoms with Gasteiger partial charge in [-0.1, -0.05) is 59.9 Å². The zero-order valence-corrected chi connectivity index (χ0v) is 22.3. The van der Waals surface area contributed by atoms with E-state index in [-0.39, 0.29) is 24.2 Å². The zero-order chi connectivity index (χ0) is 27.0. The molecule has 0 N–H and O–H groups in total. The Morgan fingerprint density at radius 1 is 1.11 bits per heavy atom. The van der Waals surface area contributed by atoms with Crippen molar-refractivity contribution in [3.8, 4) is 0 Å². The topological polar surface area (TPSA) is 91.9 Å². The van der Waals surface area contributed by atoms with E-state index in [9.17, 15) is 14.4 Å². The van der Waals surface area contributed by atoms with Crippen molar-refractivity contribution >= 4 is 40.3 Å². The maximum absolute atomic E-state index is 13.9. The predicted octanol–water partition coefficient (Wildman–Crippen LogP) is 3.31. The van der Waals surface area contributed by atoms with Crippen molar-refractivity contribution < 1.29 is 19.1 Å². The van der Waals surface area contributed by atoms with Crippen molar-refractivity contribution in [2.45, 2.75) is 39.5 Å². The summed E-state index contributed by atoms with van der Waals surface area (Å²) in [7, 11) is 1.35. The summed E-state index contributed by atoms with van der Waals surface area (Å²) in [5.74, 6) is -0.855. The van der Waals surface area contributed by atoms with Crippen LogP contribution in [0.4, 0.5) is 0 Å². The smallest absolute Gasteiger partial charge is 0.338 e. The van der Waals surface area contributed by atoms with Crippen LogP contribution in [-0.2, 0) is 25.6 Å². The number of fused-ring (bicyclic) bond motifs is 2. The largest absolute Gasteiger partial charge is 0.468 e. The van der Waals surface area contributed by atoms with Gasteiger partial charge in [-0.2, -0.15) is 0 Å². The fourth-order valence-electron chi connectivity index (χ4n) is 4.68. The molecule has 2 aromatic heterocycles. The number of rotatable bonds is 6. The number of carbonyl (C=O) groups excluding carboxylic acids is 2. The number of ether oxygens (including phenoxy) is 2. The van der Waals surface area contributed by atoms with Crippen LogP contribution in [0.3, 0.4) is 0 Å². The Balaban J connectivity index is 1.70. The van der Waals surface area contributed by atoms with E-state index in [4.69, 9.17) is 9.47 Å². The molecule has 1 aliphatic rings. The number of hydrogen-bond donors (Lipinski definition) is 0. The van der Waals surface area contributed by atoms with E-state index in [0.29, 0.717) is 20.6 Å². The summed E-state index contributed by atoms with van der Waals surface area (Å²) in [4.78, 5) is 44.2. The number of carbonyl (C=O) groups is 2. The number of benzene rings is 2. The molecule has 0 saturated carbocycles. The Morgan fingerprint density at radius 2 is 1.82 bits per heavy atom. The van der Waals surface area contributed by atoms with Gasteiger partial charge in [0.25, 0.3) is 5.56 Å². The van der Waals surface area contributed by atoms with Gasteiger partial charge in [0.1, 0.15) is 6.54 Å². The number of para-hydroxylation sites is 1. The Bertz CT molecular complexity index is 1760. The quantitative estimate of drug-likeness (QED) is 0.358. The summed E-state index contributed by atoms with van der Waals surface area (Å²) in [6.45, 7) is 5.40. The van der Waals surface area contributed by atoms with Gasteiger partial charge in [0.15, 0.2) is 4.80 Å². The lowest BCUT2D eigenvalue weighted by Gasteiger charge is -2.25. The molecule has 38 heavy (non-hydrogen) atoms. The molecule has 0 fully saturated rings. The predicted molar refractivity (Wildman–Crippen MR) is 145 cm³/mol. The van der Waals surface area contributed by atoms with Crippen LogP contribution in [0.15, 0.2) is 81.9 Å². The highest BCUT2D eigenvalue weighted by atomic mass is 32.1. The van der Waals surface area contributed by atoms with Crippen molar-refractivity contribution in [2.24, 2.45) is 4.99 Å². The molecule has 0 bridgehead atoms. The van der Waals surface area contributed by atoms with Gasteiger partial charge in [0.2, 0.25) is 0 Å². The van der Waals surface area contributed by atoms with Crippen molar-refractivity contribution in [2.75, 3.05) is 7.11 Å². The number of allylic oxidation sites excluding steroid dienone is 1. The van der Waals surface area contributed by atoms with Crippen LogP contribution < -0.4 is 14.9 Å². The van der Waals surface area contributed by atoms with E-state index >= 15 is 0 Å². The van der Waals surface area contributed by atoms with E-state index in [1.54, 1.807) is 29.9 Å². The maximum Gasteiger partial charge on any atom is 0.338 e. The highest BCUT2D eigenvalue weighted by Gasteiger charge is 2.33. The molecule has 0 amide bonds. The number of thiazole rings is 1. The van der Waals surface area contributed by atoms with E-state index < -0.39 is 12.0 Å². The lowest BCUT2D eigenvalue weighted by Crippen LogP contribution is -2.40. The number of nitrogens with zero attached hydrogens (tertiary/aromatic N) is 3. The summed E-state index contributed by atoms with van der Waals surface area (Å²) < 4.78 is 14.2. The molecule has 2 aromatic carbocycles. The number of esters is 2. The number of methoxy groups -OCH3 is 1. The third kappa shape index (κ3) is 4.61. The number of aromatic nitrogens is 2. The fraction of sp³-hybridized carbons (Fsp3) is 0.241. The van der Waals surface area contributed by atoms with Crippen molar-refractivity contribution in [3.05, 3.63) is 103 Å². The van der Waals surface area contributed by atoms with Gasteiger partial charge in [0.05, 0.1) is 35.1 Å². The highest BCUT2D eigenvalue weighted by Crippen LogP contribution is 2.31. The molecule has 1 aliphatic heterocycles. The third-order valence-electron chi connectivity index (χ3n) is 6.33. The van der Waals surface area contributed by atoms with Crippen LogP contribution in [0.5, 0.6) is 0 Å². The van der Waals surface area contributed by atoms with Crippen LogP contribution in [0.1, 0.15) is 37.9 Å². The molecule has 5 rings (SSSR count). The van der Waals surface area contributed by atoms with Crippen LogP contribution >= 0.6 is 11.3 Å². The molecule has 0 spiro atoms. The summed E-state index contributed by atoms with van der Waals surface area (Å²) in [6.07, 6.45) is 3.34. The first-order valence-electron chi connectivity index (χ1n) is 12.2. The maximum atomic E-state index is 13.9. The zero-order valence-electron chi connectivity index (χ0n) is 21.5. The van der Waals surface area contributed by atoms with Crippen LogP contribution in [0.25, 0.3) is 17.0 Å². The van der Waals surface area contributed by atoms with Crippen LogP contribution in [0, 0.1) is 0 Å². The van der Waals surface area contributed by atoms with E-state index in [2.05, 4.69) is 4.99 Å². The molecule has 4 aromatic rings. The third-order valence-corrected chi connectivity index (χ3v) is 7.32. The summed E-state index contributed by atoms with van der Waals surface area (Å²) in [5.41, 5.74) is 3.05. The molecule has 0 aliphatic carbocycles. The Kier molecular flexibility index (Phi) is 6.86. The van der Waals surface area contributed by atoms with E-state index in [0.717, 1.165) is 22.0 Å². The second kappa shape index (κ2) is 10.3. The van der Waals surface area contributed by atoms with E-state index in [1.165, 1.54) is 18.4 Å². The molecule has 1 atom stereocenters. The Hall–Kier alpha value is -4.24. The fourth-order valence-corrected chi connectivity index (χ4v) is 5.71. The molecule has 1 unspecified atom stereocenters. The highest BCUT2D eigenvalue weighted by molar-refractivity contribution is 7.07. The van der Waals surface area contributed by atoms with Gasteiger partial charge in [-0.05, 0) is 38.5 Å². The lowest BCUT2D eigenvalue weighted by molar-refractivity contribution is -0.143. The molecule has 9 heteroatoms. The molecular weight excluding hydrogens is 502 g/mol. The van der Waals surface area contributed by atoms with Crippen molar-refractivity contribution in [1.82, 2.24) is 9.13 Å². The average molecular weight is 530 g/mol. The van der Waals surface area contributed by atoms with Gasteiger partial charge in [-0.15, -0.1) is 0 Å². The molecule has 3 heterocycles. The number of hydrogen-bond acceptors (Lipinski definition) is 7. The molecule has 194 valence electrons. The first-order chi connectivity index (χ1) is 18.3. The summed E-state index contributed by atoms with van der Waals surface area (Å²) >= 11 is 1.26. The van der Waals surface area contributed by atoms with Crippen LogP contribution in [-0.4, -0.2) is 34.3 Å². The van der Waals surface area contributed by atoms with E-state index in [1.807, 2.05) is 66.9 Å². The normalized spacial score (nSPS) is 15.5. The molecule has 8 nitrogen and oxygen atoms in total. The minimum atomic E-state index is -0.665. The molecular formula is C29H27N3O5S.